The summed E-state index contributed by atoms with van der Waals surface area (Å²) in [7, 11) is 0. The predicted octanol–water partition coefficient (Wildman–Crippen LogP) is 3.30. The molecular weight excluding hydrogens is 227 g/mol. The Labute approximate surface area is 106 Å². The van der Waals surface area contributed by atoms with Crippen molar-refractivity contribution in [1.29, 1.82) is 0 Å². The van der Waals surface area contributed by atoms with Gasteiger partial charge in [-0.05, 0) is 42.7 Å². The number of hydrogen-bond donors (Lipinski definition) is 1. The number of nitrogens with zero attached hydrogens (tertiary/aromatic N) is 1. The van der Waals surface area contributed by atoms with E-state index < -0.39 is 5.67 Å². The van der Waals surface area contributed by atoms with E-state index in [0.29, 0.717) is 12.8 Å². The maximum Gasteiger partial charge on any atom is 0.136 e. The lowest BCUT2D eigenvalue weighted by Gasteiger charge is -2.33. The fraction of sp³-hybridized carbons (Fsp3) is 0.400. The Morgan fingerprint density at radius 1 is 1.22 bits per heavy atom. The van der Waals surface area contributed by atoms with E-state index in [1.165, 1.54) is 0 Å². The third-order valence-corrected chi connectivity index (χ3v) is 3.99. The molecule has 0 atom stereocenters. The highest BCUT2D eigenvalue weighted by molar-refractivity contribution is 5.85. The SMILES string of the molecule is NC1CCC(F)(c2cccc3ccncc23)CC1. The normalized spacial score (nSPS) is 28.4. The smallest absolute Gasteiger partial charge is 0.136 e. The van der Waals surface area contributed by atoms with Gasteiger partial charge in [0, 0.05) is 23.8 Å². The summed E-state index contributed by atoms with van der Waals surface area (Å²) in [6.07, 6.45) is 6.05. The zero-order valence-electron chi connectivity index (χ0n) is 10.3. The molecule has 1 aliphatic carbocycles. The Bertz CT molecular complexity index is 554. The van der Waals surface area contributed by atoms with Gasteiger partial charge in [0.1, 0.15) is 5.67 Å². The van der Waals surface area contributed by atoms with Crippen molar-refractivity contribution in [2.75, 3.05) is 0 Å². The number of aromatic nitrogens is 1. The molecule has 3 heteroatoms. The van der Waals surface area contributed by atoms with E-state index in [-0.39, 0.29) is 6.04 Å². The van der Waals surface area contributed by atoms with Crippen molar-refractivity contribution in [3.63, 3.8) is 0 Å². The number of halogens is 1. The fourth-order valence-corrected chi connectivity index (χ4v) is 2.87. The van der Waals surface area contributed by atoms with Crippen LogP contribution in [-0.2, 0) is 5.67 Å². The van der Waals surface area contributed by atoms with Crippen molar-refractivity contribution in [2.24, 2.45) is 5.73 Å². The van der Waals surface area contributed by atoms with Crippen molar-refractivity contribution < 1.29 is 4.39 Å². The van der Waals surface area contributed by atoms with Gasteiger partial charge in [-0.3, -0.25) is 4.98 Å². The number of alkyl halides is 1. The zero-order valence-corrected chi connectivity index (χ0v) is 10.3. The lowest BCUT2D eigenvalue weighted by molar-refractivity contribution is 0.0995. The maximum absolute atomic E-state index is 15.1. The van der Waals surface area contributed by atoms with Crippen LogP contribution >= 0.6 is 0 Å². The van der Waals surface area contributed by atoms with E-state index in [9.17, 15) is 0 Å². The average molecular weight is 244 g/mol. The van der Waals surface area contributed by atoms with Crippen molar-refractivity contribution in [1.82, 2.24) is 4.98 Å². The number of rotatable bonds is 1. The Morgan fingerprint density at radius 3 is 2.78 bits per heavy atom. The first-order chi connectivity index (χ1) is 8.69. The molecule has 1 aromatic heterocycles. The fourth-order valence-electron chi connectivity index (χ4n) is 2.87. The van der Waals surface area contributed by atoms with E-state index in [1.54, 1.807) is 12.4 Å². The molecule has 0 aliphatic heterocycles. The molecule has 0 amide bonds. The largest absolute Gasteiger partial charge is 0.328 e. The number of benzene rings is 1. The van der Waals surface area contributed by atoms with Crippen LogP contribution in [0.15, 0.2) is 36.7 Å². The Hall–Kier alpha value is -1.48. The molecule has 0 spiro atoms. The minimum Gasteiger partial charge on any atom is -0.328 e. The second-order valence-electron chi connectivity index (χ2n) is 5.21. The minimum absolute atomic E-state index is 0.155. The standard InChI is InChI=1S/C15H17FN2/c16-15(7-4-12(17)5-8-15)14-3-1-2-11-6-9-18-10-13(11)14/h1-3,6,9-10,12H,4-5,7-8,17H2. The van der Waals surface area contributed by atoms with Gasteiger partial charge in [-0.25, -0.2) is 4.39 Å². The van der Waals surface area contributed by atoms with Crippen LogP contribution in [0.1, 0.15) is 31.2 Å². The van der Waals surface area contributed by atoms with Gasteiger partial charge in [-0.2, -0.15) is 0 Å². The van der Waals surface area contributed by atoms with Gasteiger partial charge in [0.05, 0.1) is 0 Å². The van der Waals surface area contributed by atoms with Crippen LogP contribution < -0.4 is 5.73 Å². The average Bonchev–Trinajstić information content (AvgIpc) is 2.42. The van der Waals surface area contributed by atoms with Crippen molar-refractivity contribution >= 4 is 10.8 Å². The quantitative estimate of drug-likeness (QED) is 0.836. The molecule has 0 saturated heterocycles. The van der Waals surface area contributed by atoms with Gasteiger partial charge >= 0.3 is 0 Å². The van der Waals surface area contributed by atoms with Crippen LogP contribution in [-0.4, -0.2) is 11.0 Å². The van der Waals surface area contributed by atoms with Gasteiger partial charge in [0.15, 0.2) is 0 Å². The molecule has 1 aliphatic rings. The summed E-state index contributed by atoms with van der Waals surface area (Å²) in [5.41, 5.74) is 5.41. The molecule has 1 saturated carbocycles. The molecule has 0 radical (unpaired) electrons. The summed E-state index contributed by atoms with van der Waals surface area (Å²) in [5.74, 6) is 0. The zero-order chi connectivity index (χ0) is 12.6. The summed E-state index contributed by atoms with van der Waals surface area (Å²) in [6.45, 7) is 0. The van der Waals surface area contributed by atoms with Crippen LogP contribution in [0.4, 0.5) is 4.39 Å². The second-order valence-corrected chi connectivity index (χ2v) is 5.21. The third-order valence-electron chi connectivity index (χ3n) is 3.99. The Balaban J connectivity index is 2.08. The van der Waals surface area contributed by atoms with Crippen LogP contribution in [0.2, 0.25) is 0 Å². The maximum atomic E-state index is 15.1. The van der Waals surface area contributed by atoms with Gasteiger partial charge in [0.25, 0.3) is 0 Å². The summed E-state index contributed by atoms with van der Waals surface area (Å²) >= 11 is 0. The summed E-state index contributed by atoms with van der Waals surface area (Å²) in [4.78, 5) is 4.12. The first-order valence-electron chi connectivity index (χ1n) is 6.47. The van der Waals surface area contributed by atoms with Crippen LogP contribution in [0.5, 0.6) is 0 Å². The Morgan fingerprint density at radius 2 is 2.00 bits per heavy atom. The van der Waals surface area contributed by atoms with Crippen LogP contribution in [0.25, 0.3) is 10.8 Å². The summed E-state index contributed by atoms with van der Waals surface area (Å²) in [6, 6.07) is 7.89. The highest BCUT2D eigenvalue weighted by Crippen LogP contribution is 2.42. The van der Waals surface area contributed by atoms with E-state index in [1.807, 2.05) is 24.3 Å². The minimum atomic E-state index is -1.24. The number of hydrogen-bond acceptors (Lipinski definition) is 2. The first-order valence-corrected chi connectivity index (χ1v) is 6.47. The lowest BCUT2D eigenvalue weighted by Crippen LogP contribution is -2.34. The number of pyridine rings is 1. The summed E-state index contributed by atoms with van der Waals surface area (Å²) in [5, 5.41) is 1.98. The van der Waals surface area contributed by atoms with E-state index in [2.05, 4.69) is 4.98 Å². The molecule has 18 heavy (non-hydrogen) atoms. The van der Waals surface area contributed by atoms with Gasteiger partial charge < -0.3 is 5.73 Å². The van der Waals surface area contributed by atoms with Gasteiger partial charge in [-0.15, -0.1) is 0 Å². The van der Waals surface area contributed by atoms with E-state index in [0.717, 1.165) is 29.2 Å². The lowest BCUT2D eigenvalue weighted by atomic mass is 9.78. The van der Waals surface area contributed by atoms with E-state index in [4.69, 9.17) is 5.73 Å². The highest BCUT2D eigenvalue weighted by Gasteiger charge is 2.37. The van der Waals surface area contributed by atoms with E-state index >= 15 is 4.39 Å². The highest BCUT2D eigenvalue weighted by atomic mass is 19.1. The topological polar surface area (TPSA) is 38.9 Å². The number of fused-ring (bicyclic) bond motifs is 1. The summed E-state index contributed by atoms with van der Waals surface area (Å²) < 4.78 is 15.1. The molecule has 94 valence electrons. The monoisotopic (exact) mass is 244 g/mol. The predicted molar refractivity (Wildman–Crippen MR) is 71.0 cm³/mol. The molecule has 2 nitrogen and oxygen atoms in total. The van der Waals surface area contributed by atoms with Crippen LogP contribution in [0, 0.1) is 0 Å². The van der Waals surface area contributed by atoms with Crippen molar-refractivity contribution in [3.8, 4) is 0 Å². The number of nitrogens with two attached hydrogens (primary N) is 1. The van der Waals surface area contributed by atoms with Gasteiger partial charge in [-0.1, -0.05) is 18.2 Å². The molecule has 2 N–H and O–H groups in total. The second kappa shape index (κ2) is 4.32. The molecule has 0 bridgehead atoms. The molecular formula is C15H17FN2. The molecule has 2 aromatic rings. The Kier molecular flexibility index (Phi) is 2.78. The molecule has 1 aromatic carbocycles. The first kappa shape index (κ1) is 11.6. The van der Waals surface area contributed by atoms with Gasteiger partial charge in [0.2, 0.25) is 0 Å². The van der Waals surface area contributed by atoms with Crippen molar-refractivity contribution in [3.05, 3.63) is 42.2 Å². The van der Waals surface area contributed by atoms with Crippen LogP contribution in [0.3, 0.4) is 0 Å². The molecule has 0 unspecified atom stereocenters. The molecule has 1 fully saturated rings. The third kappa shape index (κ3) is 1.89. The van der Waals surface area contributed by atoms with Crippen molar-refractivity contribution in [2.45, 2.75) is 37.4 Å². The molecule has 1 heterocycles. The molecule has 3 rings (SSSR count).